The van der Waals surface area contributed by atoms with Gasteiger partial charge in [0.2, 0.25) is 11.1 Å². The van der Waals surface area contributed by atoms with Gasteiger partial charge in [-0.1, -0.05) is 11.8 Å². The van der Waals surface area contributed by atoms with Crippen LogP contribution in [0.25, 0.3) is 11.4 Å². The summed E-state index contributed by atoms with van der Waals surface area (Å²) in [6.45, 7) is 2.16. The SMILES string of the molecule is Cc1occc1-c1nnc(SCC(=O)N(CC(F)(F)F)C(C)C2CC2)n1N. The molecule has 0 radical (unpaired) electrons. The smallest absolute Gasteiger partial charge is 0.406 e. The molecule has 1 amide bonds. The van der Waals surface area contributed by atoms with Gasteiger partial charge in [0.05, 0.1) is 17.6 Å². The zero-order chi connectivity index (χ0) is 19.8. The lowest BCUT2D eigenvalue weighted by atomic mass is 10.2. The Morgan fingerprint density at radius 2 is 2.19 bits per heavy atom. The summed E-state index contributed by atoms with van der Waals surface area (Å²) >= 11 is 0.958. The van der Waals surface area contributed by atoms with E-state index in [1.165, 1.54) is 10.9 Å². The van der Waals surface area contributed by atoms with Crippen LogP contribution in [-0.2, 0) is 4.79 Å². The summed E-state index contributed by atoms with van der Waals surface area (Å²) < 4.78 is 45.0. The lowest BCUT2D eigenvalue weighted by Gasteiger charge is -2.30. The first kappa shape index (κ1) is 19.6. The molecule has 27 heavy (non-hydrogen) atoms. The second-order valence-electron chi connectivity index (χ2n) is 6.57. The molecule has 1 fully saturated rings. The molecular weight excluding hydrogens is 383 g/mol. The second kappa shape index (κ2) is 7.45. The number of halogens is 3. The van der Waals surface area contributed by atoms with E-state index in [0.29, 0.717) is 17.1 Å². The third-order valence-electron chi connectivity index (χ3n) is 4.55. The first-order chi connectivity index (χ1) is 12.7. The number of alkyl halides is 3. The Hall–Kier alpha value is -2.17. The molecule has 0 spiro atoms. The summed E-state index contributed by atoms with van der Waals surface area (Å²) in [7, 11) is 0. The maximum Gasteiger partial charge on any atom is 0.406 e. The Morgan fingerprint density at radius 1 is 1.48 bits per heavy atom. The van der Waals surface area contributed by atoms with Crippen molar-refractivity contribution in [2.24, 2.45) is 5.92 Å². The number of amides is 1. The molecule has 11 heteroatoms. The molecule has 1 aliphatic rings. The fourth-order valence-corrected chi connectivity index (χ4v) is 3.61. The van der Waals surface area contributed by atoms with E-state index in [1.54, 1.807) is 19.9 Å². The monoisotopic (exact) mass is 403 g/mol. The van der Waals surface area contributed by atoms with Crippen LogP contribution < -0.4 is 5.84 Å². The molecule has 0 aliphatic heterocycles. The van der Waals surface area contributed by atoms with Crippen LogP contribution in [-0.4, -0.2) is 50.2 Å². The van der Waals surface area contributed by atoms with Gasteiger partial charge in [0.1, 0.15) is 12.3 Å². The average Bonchev–Trinajstić information content (AvgIpc) is 3.27. The fourth-order valence-electron chi connectivity index (χ4n) is 2.87. The number of hydrogen-bond donors (Lipinski definition) is 1. The van der Waals surface area contributed by atoms with Gasteiger partial charge >= 0.3 is 6.18 Å². The topological polar surface area (TPSA) is 90.2 Å². The number of rotatable bonds is 7. The summed E-state index contributed by atoms with van der Waals surface area (Å²) in [5.74, 6) is 6.27. The highest BCUT2D eigenvalue weighted by molar-refractivity contribution is 7.99. The van der Waals surface area contributed by atoms with E-state index < -0.39 is 24.7 Å². The minimum absolute atomic E-state index is 0.134. The van der Waals surface area contributed by atoms with Crippen molar-refractivity contribution in [1.29, 1.82) is 0 Å². The molecule has 2 aromatic rings. The molecule has 3 rings (SSSR count). The minimum atomic E-state index is -4.44. The third-order valence-corrected chi connectivity index (χ3v) is 5.48. The largest absolute Gasteiger partial charge is 0.469 e. The first-order valence-electron chi connectivity index (χ1n) is 8.41. The third kappa shape index (κ3) is 4.57. The number of thioether (sulfide) groups is 1. The highest BCUT2D eigenvalue weighted by Crippen LogP contribution is 2.36. The molecule has 0 bridgehead atoms. The van der Waals surface area contributed by atoms with Crippen molar-refractivity contribution in [1.82, 2.24) is 19.8 Å². The van der Waals surface area contributed by atoms with E-state index in [0.717, 1.165) is 29.5 Å². The van der Waals surface area contributed by atoms with Gasteiger partial charge < -0.3 is 15.2 Å². The number of carbonyl (C=O) groups excluding carboxylic acids is 1. The van der Waals surface area contributed by atoms with Crippen molar-refractivity contribution in [3.8, 4) is 11.4 Å². The van der Waals surface area contributed by atoms with Crippen LogP contribution in [0.15, 0.2) is 21.9 Å². The maximum atomic E-state index is 12.9. The van der Waals surface area contributed by atoms with Gasteiger partial charge in [-0.15, -0.1) is 10.2 Å². The number of furan rings is 1. The van der Waals surface area contributed by atoms with E-state index >= 15 is 0 Å². The Balaban J connectivity index is 1.68. The first-order valence-corrected chi connectivity index (χ1v) is 9.40. The van der Waals surface area contributed by atoms with E-state index in [4.69, 9.17) is 10.3 Å². The molecule has 1 unspecified atom stereocenters. The molecule has 2 heterocycles. The Labute approximate surface area is 158 Å². The standard InChI is InChI=1S/C16H20F3N5O2S/c1-9(11-3-4-11)23(8-16(17,18)19)13(25)7-27-15-22-21-14(24(15)20)12-5-6-26-10(12)2/h5-6,9,11H,3-4,7-8,20H2,1-2H3. The van der Waals surface area contributed by atoms with Gasteiger partial charge in [0.15, 0.2) is 5.82 Å². The van der Waals surface area contributed by atoms with Crippen LogP contribution in [0.4, 0.5) is 13.2 Å². The molecule has 148 valence electrons. The summed E-state index contributed by atoms with van der Waals surface area (Å²) in [6.07, 6.45) is -1.26. The van der Waals surface area contributed by atoms with Crippen molar-refractivity contribution in [3.63, 3.8) is 0 Å². The Bertz CT molecular complexity index is 815. The van der Waals surface area contributed by atoms with E-state index in [2.05, 4.69) is 10.2 Å². The molecule has 2 N–H and O–H groups in total. The summed E-state index contributed by atoms with van der Waals surface area (Å²) in [5, 5.41) is 8.14. The molecule has 7 nitrogen and oxygen atoms in total. The predicted molar refractivity (Wildman–Crippen MR) is 93.3 cm³/mol. The normalized spacial score (nSPS) is 15.7. The van der Waals surface area contributed by atoms with Crippen LogP contribution in [0.3, 0.4) is 0 Å². The van der Waals surface area contributed by atoms with Gasteiger partial charge in [0.25, 0.3) is 0 Å². The zero-order valence-corrected chi connectivity index (χ0v) is 15.7. The number of nitrogens with zero attached hydrogens (tertiary/aromatic N) is 4. The average molecular weight is 403 g/mol. The van der Waals surface area contributed by atoms with Crippen LogP contribution in [0.1, 0.15) is 25.5 Å². The van der Waals surface area contributed by atoms with Gasteiger partial charge in [-0.25, -0.2) is 4.68 Å². The van der Waals surface area contributed by atoms with Crippen molar-refractivity contribution in [2.75, 3.05) is 18.1 Å². The van der Waals surface area contributed by atoms with E-state index in [9.17, 15) is 18.0 Å². The van der Waals surface area contributed by atoms with Gasteiger partial charge in [-0.3, -0.25) is 4.79 Å². The number of aryl methyl sites for hydroxylation is 1. The highest BCUT2D eigenvalue weighted by atomic mass is 32.2. The summed E-state index contributed by atoms with van der Waals surface area (Å²) in [6, 6.07) is 1.24. The second-order valence-corrected chi connectivity index (χ2v) is 7.51. The van der Waals surface area contributed by atoms with Crippen LogP contribution in [0.2, 0.25) is 0 Å². The van der Waals surface area contributed by atoms with Crippen molar-refractivity contribution in [3.05, 3.63) is 18.1 Å². The Kier molecular flexibility index (Phi) is 5.41. The Morgan fingerprint density at radius 3 is 2.74 bits per heavy atom. The quantitative estimate of drug-likeness (QED) is 0.565. The number of hydrogen-bond acceptors (Lipinski definition) is 6. The lowest BCUT2D eigenvalue weighted by molar-refractivity contribution is -0.164. The predicted octanol–water partition coefficient (Wildman–Crippen LogP) is 2.84. The maximum absolute atomic E-state index is 12.9. The molecule has 1 saturated carbocycles. The molecule has 0 aromatic carbocycles. The summed E-state index contributed by atoms with van der Waals surface area (Å²) in [5.41, 5.74) is 0.657. The minimum Gasteiger partial charge on any atom is -0.469 e. The van der Waals surface area contributed by atoms with Gasteiger partial charge in [-0.2, -0.15) is 13.2 Å². The molecule has 2 aromatic heterocycles. The highest BCUT2D eigenvalue weighted by Gasteiger charge is 2.40. The van der Waals surface area contributed by atoms with Crippen LogP contribution >= 0.6 is 11.8 Å². The fraction of sp³-hybridized carbons (Fsp3) is 0.562. The molecule has 0 saturated heterocycles. The van der Waals surface area contributed by atoms with Crippen molar-refractivity contribution < 1.29 is 22.4 Å². The van der Waals surface area contributed by atoms with Crippen molar-refractivity contribution in [2.45, 2.75) is 44.1 Å². The molecule has 1 aliphatic carbocycles. The molecular formula is C16H20F3N5O2S. The lowest BCUT2D eigenvalue weighted by Crippen LogP contribution is -2.46. The number of aromatic nitrogens is 3. The van der Waals surface area contributed by atoms with E-state index in [1.807, 2.05) is 0 Å². The number of nitrogen functional groups attached to an aromatic ring is 1. The van der Waals surface area contributed by atoms with Crippen molar-refractivity contribution >= 4 is 17.7 Å². The zero-order valence-electron chi connectivity index (χ0n) is 14.9. The van der Waals surface area contributed by atoms with E-state index in [-0.39, 0.29) is 16.8 Å². The van der Waals surface area contributed by atoms with Crippen LogP contribution in [0.5, 0.6) is 0 Å². The molecule has 1 atom stereocenters. The van der Waals surface area contributed by atoms with Gasteiger partial charge in [-0.05, 0) is 38.7 Å². The van der Waals surface area contributed by atoms with Gasteiger partial charge in [0, 0.05) is 6.04 Å². The number of nitrogens with two attached hydrogens (primary N) is 1. The summed E-state index contributed by atoms with van der Waals surface area (Å²) in [4.78, 5) is 13.4. The number of carbonyl (C=O) groups is 1. The van der Waals surface area contributed by atoms with Crippen LogP contribution in [0, 0.1) is 12.8 Å².